The van der Waals surface area contributed by atoms with Crippen molar-refractivity contribution in [3.05, 3.63) is 29.8 Å². The fraction of sp³-hybridized carbons (Fsp3) is 0.533. The Morgan fingerprint density at radius 3 is 2.39 bits per heavy atom. The van der Waals surface area contributed by atoms with Crippen LogP contribution in [-0.2, 0) is 4.79 Å². The van der Waals surface area contributed by atoms with Crippen molar-refractivity contribution in [1.29, 1.82) is 0 Å². The third-order valence-corrected chi connectivity index (χ3v) is 3.99. The normalized spacial score (nSPS) is 15.9. The molecular weight excluding hydrogens is 246 g/mol. The number of amides is 1. The number of alkyl halides is 1. The summed E-state index contributed by atoms with van der Waals surface area (Å²) in [6, 6.07) is 8.41. The first kappa shape index (κ1) is 13.4. The lowest BCUT2D eigenvalue weighted by atomic mass is 9.97. The molecule has 0 atom stereocenters. The Balaban J connectivity index is 2.12. The van der Waals surface area contributed by atoms with Crippen molar-refractivity contribution >= 4 is 23.2 Å². The van der Waals surface area contributed by atoms with Crippen LogP contribution in [-0.4, -0.2) is 18.3 Å². The summed E-state index contributed by atoms with van der Waals surface area (Å²) < 4.78 is 0. The molecule has 18 heavy (non-hydrogen) atoms. The van der Waals surface area contributed by atoms with Crippen molar-refractivity contribution in [3.8, 4) is 0 Å². The van der Waals surface area contributed by atoms with Gasteiger partial charge in [-0.05, 0) is 43.4 Å². The largest absolute Gasteiger partial charge is 0.312 e. The van der Waals surface area contributed by atoms with Gasteiger partial charge in [0.2, 0.25) is 5.91 Å². The molecule has 0 spiro atoms. The fourth-order valence-electron chi connectivity index (χ4n) is 2.76. The second-order valence-electron chi connectivity index (χ2n) is 4.84. The van der Waals surface area contributed by atoms with E-state index in [1.54, 1.807) is 4.90 Å². The highest BCUT2D eigenvalue weighted by atomic mass is 35.5. The van der Waals surface area contributed by atoms with Crippen molar-refractivity contribution < 1.29 is 4.79 Å². The molecule has 1 saturated carbocycles. The summed E-state index contributed by atoms with van der Waals surface area (Å²) in [5, 5.41) is 0. The molecule has 3 heteroatoms. The smallest absolute Gasteiger partial charge is 0.241 e. The summed E-state index contributed by atoms with van der Waals surface area (Å²) in [4.78, 5) is 13.4. The maximum atomic E-state index is 11.7. The van der Waals surface area contributed by atoms with Crippen LogP contribution >= 0.6 is 11.6 Å². The molecule has 0 aromatic heterocycles. The van der Waals surface area contributed by atoms with Crippen LogP contribution in [0.4, 0.5) is 5.69 Å². The highest BCUT2D eigenvalue weighted by molar-refractivity contribution is 6.29. The average molecular weight is 266 g/mol. The van der Waals surface area contributed by atoms with Gasteiger partial charge in [-0.1, -0.05) is 25.0 Å². The van der Waals surface area contributed by atoms with E-state index < -0.39 is 0 Å². The molecule has 0 heterocycles. The Labute approximate surface area is 114 Å². The van der Waals surface area contributed by atoms with E-state index >= 15 is 0 Å². The van der Waals surface area contributed by atoms with Gasteiger partial charge in [0, 0.05) is 12.2 Å². The molecule has 0 saturated heterocycles. The van der Waals surface area contributed by atoms with Crippen molar-refractivity contribution in [1.82, 2.24) is 0 Å². The topological polar surface area (TPSA) is 20.3 Å². The number of carbonyl (C=O) groups excluding carboxylic acids is 1. The first-order valence-electron chi connectivity index (χ1n) is 6.72. The molecule has 0 aliphatic heterocycles. The first-order valence-corrected chi connectivity index (χ1v) is 7.26. The predicted octanol–water partition coefficient (Wildman–Crippen LogP) is 3.94. The number of benzene rings is 1. The molecule has 0 N–H and O–H groups in total. The SMILES string of the molecule is CCN(C(=O)CCl)c1ccc(C2CCCC2)cc1. The summed E-state index contributed by atoms with van der Waals surface area (Å²) in [7, 11) is 0. The first-order chi connectivity index (χ1) is 8.76. The zero-order valence-corrected chi connectivity index (χ0v) is 11.6. The molecule has 2 nitrogen and oxygen atoms in total. The van der Waals surface area contributed by atoms with Gasteiger partial charge in [-0.3, -0.25) is 4.79 Å². The van der Waals surface area contributed by atoms with E-state index in [1.165, 1.54) is 31.2 Å². The van der Waals surface area contributed by atoms with Crippen LogP contribution in [0, 0.1) is 0 Å². The van der Waals surface area contributed by atoms with Gasteiger partial charge in [0.05, 0.1) is 0 Å². The number of hydrogen-bond acceptors (Lipinski definition) is 1. The molecule has 0 bridgehead atoms. The zero-order valence-electron chi connectivity index (χ0n) is 10.9. The second kappa shape index (κ2) is 6.24. The maximum absolute atomic E-state index is 11.7. The Hall–Kier alpha value is -1.02. The van der Waals surface area contributed by atoms with E-state index in [0.717, 1.165) is 11.6 Å². The lowest BCUT2D eigenvalue weighted by Crippen LogP contribution is -2.31. The molecular formula is C15H20ClNO. The minimum atomic E-state index is -0.0345. The van der Waals surface area contributed by atoms with Gasteiger partial charge in [0.25, 0.3) is 0 Å². The fourth-order valence-corrected chi connectivity index (χ4v) is 2.90. The second-order valence-corrected chi connectivity index (χ2v) is 5.11. The third-order valence-electron chi connectivity index (χ3n) is 3.76. The molecule has 1 aliphatic carbocycles. The van der Waals surface area contributed by atoms with Crippen molar-refractivity contribution in [2.24, 2.45) is 0 Å². The molecule has 1 aromatic carbocycles. The summed E-state index contributed by atoms with van der Waals surface area (Å²) in [5.74, 6) is 0.726. The lowest BCUT2D eigenvalue weighted by molar-refractivity contribution is -0.116. The van der Waals surface area contributed by atoms with Crippen LogP contribution in [0.1, 0.15) is 44.1 Å². The zero-order chi connectivity index (χ0) is 13.0. The quantitative estimate of drug-likeness (QED) is 0.755. The number of hydrogen-bond donors (Lipinski definition) is 0. The van der Waals surface area contributed by atoms with Gasteiger partial charge < -0.3 is 4.90 Å². The molecule has 98 valence electrons. The van der Waals surface area contributed by atoms with Crippen LogP contribution in [0.2, 0.25) is 0 Å². The van der Waals surface area contributed by atoms with Gasteiger partial charge in [-0.15, -0.1) is 11.6 Å². The van der Waals surface area contributed by atoms with Crippen LogP contribution < -0.4 is 4.90 Å². The van der Waals surface area contributed by atoms with Gasteiger partial charge in [0.15, 0.2) is 0 Å². The number of carbonyl (C=O) groups is 1. The van der Waals surface area contributed by atoms with Crippen LogP contribution in [0.15, 0.2) is 24.3 Å². The van der Waals surface area contributed by atoms with E-state index in [2.05, 4.69) is 12.1 Å². The third kappa shape index (κ3) is 2.86. The molecule has 0 radical (unpaired) electrons. The van der Waals surface area contributed by atoms with Gasteiger partial charge in [-0.25, -0.2) is 0 Å². The van der Waals surface area contributed by atoms with Crippen LogP contribution in [0.25, 0.3) is 0 Å². The Bertz CT molecular complexity index is 395. The number of rotatable bonds is 4. The molecule has 1 aromatic rings. The van der Waals surface area contributed by atoms with Crippen LogP contribution in [0.3, 0.4) is 0 Å². The summed E-state index contributed by atoms with van der Waals surface area (Å²) >= 11 is 5.62. The highest BCUT2D eigenvalue weighted by Crippen LogP contribution is 2.34. The standard InChI is InChI=1S/C15H20ClNO/c1-2-17(15(18)11-16)14-9-7-13(8-10-14)12-5-3-4-6-12/h7-10,12H,2-6,11H2,1H3. The van der Waals surface area contributed by atoms with E-state index in [4.69, 9.17) is 11.6 Å². The average Bonchev–Trinajstić information content (AvgIpc) is 2.94. The van der Waals surface area contributed by atoms with Gasteiger partial charge >= 0.3 is 0 Å². The van der Waals surface area contributed by atoms with E-state index in [0.29, 0.717) is 6.54 Å². The highest BCUT2D eigenvalue weighted by Gasteiger charge is 2.18. The Morgan fingerprint density at radius 2 is 1.89 bits per heavy atom. The van der Waals surface area contributed by atoms with E-state index in [-0.39, 0.29) is 11.8 Å². The van der Waals surface area contributed by atoms with E-state index in [1.807, 2.05) is 19.1 Å². The molecule has 1 fully saturated rings. The van der Waals surface area contributed by atoms with E-state index in [9.17, 15) is 4.79 Å². The minimum absolute atomic E-state index is 0.0345. The molecule has 2 rings (SSSR count). The van der Waals surface area contributed by atoms with Crippen LogP contribution in [0.5, 0.6) is 0 Å². The Morgan fingerprint density at radius 1 is 1.28 bits per heavy atom. The van der Waals surface area contributed by atoms with Crippen molar-refractivity contribution in [2.45, 2.75) is 38.5 Å². The summed E-state index contributed by atoms with van der Waals surface area (Å²) in [6.07, 6.45) is 5.30. The minimum Gasteiger partial charge on any atom is -0.312 e. The number of halogens is 1. The Kier molecular flexibility index (Phi) is 4.65. The lowest BCUT2D eigenvalue weighted by Gasteiger charge is -2.20. The van der Waals surface area contributed by atoms with Crippen molar-refractivity contribution in [2.75, 3.05) is 17.3 Å². The molecule has 1 amide bonds. The van der Waals surface area contributed by atoms with Gasteiger partial charge in [-0.2, -0.15) is 0 Å². The predicted molar refractivity (Wildman–Crippen MR) is 76.4 cm³/mol. The number of nitrogens with zero attached hydrogens (tertiary/aromatic N) is 1. The van der Waals surface area contributed by atoms with Gasteiger partial charge in [0.1, 0.15) is 5.88 Å². The van der Waals surface area contributed by atoms with Crippen molar-refractivity contribution in [3.63, 3.8) is 0 Å². The monoisotopic (exact) mass is 265 g/mol. The molecule has 0 unspecified atom stereocenters. The summed E-state index contributed by atoms with van der Waals surface area (Å²) in [6.45, 7) is 2.63. The maximum Gasteiger partial charge on any atom is 0.241 e. The summed E-state index contributed by atoms with van der Waals surface area (Å²) in [5.41, 5.74) is 2.36. The number of anilines is 1. The molecule has 1 aliphatic rings.